The number of nitrogens with zero attached hydrogens (tertiary/aromatic N) is 1. The minimum absolute atomic E-state index is 0.843. The molecule has 1 aliphatic heterocycles. The van der Waals surface area contributed by atoms with Crippen LogP contribution < -0.4 is 0 Å². The van der Waals surface area contributed by atoms with Crippen LogP contribution in [-0.4, -0.2) is 29.5 Å². The summed E-state index contributed by atoms with van der Waals surface area (Å²) in [6.07, 6.45) is 3.85. The van der Waals surface area contributed by atoms with Gasteiger partial charge in [-0.15, -0.1) is 0 Å². The first kappa shape index (κ1) is 15.5. The van der Waals surface area contributed by atoms with E-state index >= 15 is 0 Å². The predicted molar refractivity (Wildman–Crippen MR) is 102 cm³/mol. The van der Waals surface area contributed by atoms with Crippen LogP contribution in [0.25, 0.3) is 22.2 Å². The van der Waals surface area contributed by atoms with Crippen molar-refractivity contribution in [1.29, 1.82) is 0 Å². The molecular weight excluding hydrogens is 292 g/mol. The van der Waals surface area contributed by atoms with Gasteiger partial charge in [-0.1, -0.05) is 55.5 Å². The van der Waals surface area contributed by atoms with Crippen molar-refractivity contribution in [1.82, 2.24) is 9.88 Å². The normalized spacial score (nSPS) is 19.0. The molecule has 1 fully saturated rings. The number of nitrogens with one attached hydrogen (secondary N) is 1. The molecule has 0 spiro atoms. The van der Waals surface area contributed by atoms with Gasteiger partial charge in [0.25, 0.3) is 0 Å². The molecule has 2 nitrogen and oxygen atoms in total. The molecule has 1 atom stereocenters. The summed E-state index contributed by atoms with van der Waals surface area (Å²) in [6.45, 7) is 6.05. The zero-order valence-corrected chi connectivity index (χ0v) is 14.5. The number of fused-ring (bicyclic) bond motifs is 1. The minimum Gasteiger partial charge on any atom is -0.354 e. The van der Waals surface area contributed by atoms with Crippen molar-refractivity contribution >= 4 is 10.9 Å². The SMILES string of the molecule is CC1CCCN(CCc2c(-c3ccccc3)[nH]c3ccccc23)C1. The third kappa shape index (κ3) is 3.11. The number of likely N-dealkylation sites (tertiary alicyclic amines) is 1. The molecule has 2 heterocycles. The number of aromatic amines is 1. The molecule has 1 aromatic heterocycles. The van der Waals surface area contributed by atoms with Gasteiger partial charge in [0, 0.05) is 29.7 Å². The van der Waals surface area contributed by atoms with Crippen molar-refractivity contribution in [2.45, 2.75) is 26.2 Å². The summed E-state index contributed by atoms with van der Waals surface area (Å²) in [4.78, 5) is 6.30. The van der Waals surface area contributed by atoms with Gasteiger partial charge in [0.1, 0.15) is 0 Å². The Hall–Kier alpha value is -2.06. The monoisotopic (exact) mass is 318 g/mol. The number of rotatable bonds is 4. The maximum Gasteiger partial charge on any atom is 0.0497 e. The molecule has 4 rings (SSSR count). The quantitative estimate of drug-likeness (QED) is 0.708. The highest BCUT2D eigenvalue weighted by atomic mass is 15.1. The van der Waals surface area contributed by atoms with Crippen molar-refractivity contribution in [2.75, 3.05) is 19.6 Å². The van der Waals surface area contributed by atoms with E-state index in [2.05, 4.69) is 71.4 Å². The lowest BCUT2D eigenvalue weighted by atomic mass is 9.98. The Labute approximate surface area is 144 Å². The lowest BCUT2D eigenvalue weighted by molar-refractivity contribution is 0.186. The van der Waals surface area contributed by atoms with E-state index in [0.717, 1.165) is 18.9 Å². The smallest absolute Gasteiger partial charge is 0.0497 e. The second-order valence-electron chi connectivity index (χ2n) is 7.19. The van der Waals surface area contributed by atoms with Gasteiger partial charge in [-0.3, -0.25) is 0 Å². The van der Waals surface area contributed by atoms with E-state index in [1.165, 1.54) is 53.7 Å². The second kappa shape index (κ2) is 6.82. The molecule has 24 heavy (non-hydrogen) atoms. The van der Waals surface area contributed by atoms with E-state index in [1.54, 1.807) is 0 Å². The topological polar surface area (TPSA) is 19.0 Å². The zero-order chi connectivity index (χ0) is 16.4. The molecule has 1 saturated heterocycles. The van der Waals surface area contributed by atoms with Crippen molar-refractivity contribution < 1.29 is 0 Å². The molecule has 1 N–H and O–H groups in total. The summed E-state index contributed by atoms with van der Waals surface area (Å²) in [5.74, 6) is 0.843. The lowest BCUT2D eigenvalue weighted by Gasteiger charge is -2.30. The fraction of sp³-hybridized carbons (Fsp3) is 0.364. The fourth-order valence-corrected chi connectivity index (χ4v) is 4.07. The maximum atomic E-state index is 3.66. The number of aromatic nitrogens is 1. The lowest BCUT2D eigenvalue weighted by Crippen LogP contribution is -2.35. The van der Waals surface area contributed by atoms with Gasteiger partial charge in [0.05, 0.1) is 0 Å². The Morgan fingerprint density at radius 2 is 1.83 bits per heavy atom. The predicted octanol–water partition coefficient (Wildman–Crippen LogP) is 5.11. The first-order valence-corrected chi connectivity index (χ1v) is 9.18. The van der Waals surface area contributed by atoms with Gasteiger partial charge < -0.3 is 9.88 Å². The van der Waals surface area contributed by atoms with Gasteiger partial charge in [-0.05, 0) is 48.9 Å². The molecule has 0 bridgehead atoms. The van der Waals surface area contributed by atoms with Crippen LogP contribution in [0.15, 0.2) is 54.6 Å². The van der Waals surface area contributed by atoms with E-state index in [-0.39, 0.29) is 0 Å². The number of benzene rings is 2. The van der Waals surface area contributed by atoms with Crippen LogP contribution >= 0.6 is 0 Å². The number of para-hydroxylation sites is 1. The van der Waals surface area contributed by atoms with Crippen LogP contribution in [-0.2, 0) is 6.42 Å². The van der Waals surface area contributed by atoms with Crippen molar-refractivity contribution in [3.8, 4) is 11.3 Å². The summed E-state index contributed by atoms with van der Waals surface area (Å²) < 4.78 is 0. The van der Waals surface area contributed by atoms with Gasteiger partial charge in [0.2, 0.25) is 0 Å². The molecule has 0 amide bonds. The number of hydrogen-bond donors (Lipinski definition) is 1. The molecule has 124 valence electrons. The van der Waals surface area contributed by atoms with Crippen molar-refractivity contribution in [3.05, 3.63) is 60.2 Å². The Balaban J connectivity index is 1.65. The minimum atomic E-state index is 0.843. The highest BCUT2D eigenvalue weighted by molar-refractivity contribution is 5.90. The molecule has 1 unspecified atom stereocenters. The van der Waals surface area contributed by atoms with E-state index < -0.39 is 0 Å². The summed E-state index contributed by atoms with van der Waals surface area (Å²) in [5, 5.41) is 1.38. The van der Waals surface area contributed by atoms with E-state index in [0.29, 0.717) is 0 Å². The first-order valence-electron chi connectivity index (χ1n) is 9.18. The molecule has 2 aromatic carbocycles. The van der Waals surface area contributed by atoms with Gasteiger partial charge in [-0.2, -0.15) is 0 Å². The Kier molecular flexibility index (Phi) is 4.40. The van der Waals surface area contributed by atoms with Crippen LogP contribution in [0.4, 0.5) is 0 Å². The number of H-pyrrole nitrogens is 1. The molecule has 1 aliphatic rings. The highest BCUT2D eigenvalue weighted by Gasteiger charge is 2.18. The van der Waals surface area contributed by atoms with Crippen LogP contribution in [0.2, 0.25) is 0 Å². The maximum absolute atomic E-state index is 3.66. The van der Waals surface area contributed by atoms with Crippen LogP contribution in [0, 0.1) is 5.92 Å². The molecular formula is C22H26N2. The Morgan fingerprint density at radius 1 is 1.04 bits per heavy atom. The molecule has 0 radical (unpaired) electrons. The molecule has 0 aliphatic carbocycles. The van der Waals surface area contributed by atoms with Crippen LogP contribution in [0.1, 0.15) is 25.3 Å². The van der Waals surface area contributed by atoms with E-state index in [9.17, 15) is 0 Å². The van der Waals surface area contributed by atoms with Crippen LogP contribution in [0.3, 0.4) is 0 Å². The largest absolute Gasteiger partial charge is 0.354 e. The summed E-state index contributed by atoms with van der Waals surface area (Å²) in [5.41, 5.74) is 5.30. The fourth-order valence-electron chi connectivity index (χ4n) is 4.07. The van der Waals surface area contributed by atoms with Crippen LogP contribution in [0.5, 0.6) is 0 Å². The molecule has 2 heteroatoms. The average Bonchev–Trinajstić information content (AvgIpc) is 2.99. The summed E-state index contributed by atoms with van der Waals surface area (Å²) >= 11 is 0. The summed E-state index contributed by atoms with van der Waals surface area (Å²) in [7, 11) is 0. The molecule has 0 saturated carbocycles. The Morgan fingerprint density at radius 3 is 2.67 bits per heavy atom. The average molecular weight is 318 g/mol. The standard InChI is InChI=1S/C22H26N2/c1-17-8-7-14-24(16-17)15-13-20-19-11-5-6-12-21(19)23-22(20)18-9-3-2-4-10-18/h2-6,9-12,17,23H,7-8,13-16H2,1H3. The number of hydrogen-bond acceptors (Lipinski definition) is 1. The molecule has 3 aromatic rings. The van der Waals surface area contributed by atoms with E-state index in [1.807, 2.05) is 0 Å². The van der Waals surface area contributed by atoms with Crippen molar-refractivity contribution in [2.24, 2.45) is 5.92 Å². The third-order valence-electron chi connectivity index (χ3n) is 5.30. The second-order valence-corrected chi connectivity index (χ2v) is 7.19. The summed E-state index contributed by atoms with van der Waals surface area (Å²) in [6, 6.07) is 19.4. The van der Waals surface area contributed by atoms with Gasteiger partial charge in [0.15, 0.2) is 0 Å². The van der Waals surface area contributed by atoms with Crippen molar-refractivity contribution in [3.63, 3.8) is 0 Å². The van der Waals surface area contributed by atoms with Gasteiger partial charge >= 0.3 is 0 Å². The number of piperidine rings is 1. The first-order chi connectivity index (χ1) is 11.8. The van der Waals surface area contributed by atoms with E-state index in [4.69, 9.17) is 0 Å². The third-order valence-corrected chi connectivity index (χ3v) is 5.30. The Bertz CT molecular complexity index is 803. The zero-order valence-electron chi connectivity index (χ0n) is 14.5. The van der Waals surface area contributed by atoms with Gasteiger partial charge in [-0.25, -0.2) is 0 Å². The highest BCUT2D eigenvalue weighted by Crippen LogP contribution is 2.31.